The highest BCUT2D eigenvalue weighted by molar-refractivity contribution is 14.0. The minimum Gasteiger partial charge on any atom is -0.444 e. The van der Waals surface area contributed by atoms with Crippen molar-refractivity contribution in [2.45, 2.75) is 52.2 Å². The third-order valence-corrected chi connectivity index (χ3v) is 4.57. The smallest absolute Gasteiger partial charge is 0.410 e. The van der Waals surface area contributed by atoms with Gasteiger partial charge in [-0.25, -0.2) is 4.79 Å². The molecule has 2 rings (SSSR count). The number of hydrogen-bond donors (Lipinski definition) is 2. The van der Waals surface area contributed by atoms with E-state index >= 15 is 0 Å². The fraction of sp³-hybridized carbons (Fsp3) is 0.895. The second-order valence-electron chi connectivity index (χ2n) is 8.09. The van der Waals surface area contributed by atoms with Crippen molar-refractivity contribution >= 4 is 36.0 Å². The summed E-state index contributed by atoms with van der Waals surface area (Å²) in [4.78, 5) is 20.9. The summed E-state index contributed by atoms with van der Waals surface area (Å²) in [6.45, 7) is 15.1. The van der Waals surface area contributed by atoms with Crippen LogP contribution in [0.25, 0.3) is 0 Å². The Labute approximate surface area is 186 Å². The van der Waals surface area contributed by atoms with Crippen LogP contribution in [0.15, 0.2) is 4.99 Å². The molecule has 0 radical (unpaired) electrons. The normalized spacial score (nSPS) is 21.2. The number of rotatable bonds is 6. The van der Waals surface area contributed by atoms with Gasteiger partial charge in [-0.05, 0) is 40.5 Å². The van der Waals surface area contributed by atoms with Gasteiger partial charge in [0.15, 0.2) is 5.96 Å². The van der Waals surface area contributed by atoms with Crippen molar-refractivity contribution in [1.82, 2.24) is 20.4 Å². The molecule has 0 aromatic heterocycles. The molecule has 2 heterocycles. The number of halogens is 1. The Bertz CT molecular complexity index is 484. The molecule has 1 atom stereocenters. The molecule has 1 amide bonds. The highest BCUT2D eigenvalue weighted by atomic mass is 127. The van der Waals surface area contributed by atoms with Crippen molar-refractivity contribution in [3.05, 3.63) is 0 Å². The van der Waals surface area contributed by atoms with E-state index in [0.717, 1.165) is 58.1 Å². The minimum absolute atomic E-state index is 0. The van der Waals surface area contributed by atoms with Crippen LogP contribution in [0.3, 0.4) is 0 Å². The summed E-state index contributed by atoms with van der Waals surface area (Å²) in [6, 6.07) is 0. The van der Waals surface area contributed by atoms with E-state index in [1.165, 1.54) is 0 Å². The molecular formula is C19H38IN5O3. The van der Waals surface area contributed by atoms with Gasteiger partial charge in [-0.1, -0.05) is 0 Å². The molecule has 2 N–H and O–H groups in total. The van der Waals surface area contributed by atoms with Gasteiger partial charge in [0.25, 0.3) is 0 Å². The molecular weight excluding hydrogens is 473 g/mol. The molecule has 0 saturated carbocycles. The molecule has 8 nitrogen and oxygen atoms in total. The maximum atomic E-state index is 12.1. The predicted octanol–water partition coefficient (Wildman–Crippen LogP) is 1.89. The number of hydrogen-bond acceptors (Lipinski definition) is 5. The lowest BCUT2D eigenvalue weighted by Crippen LogP contribution is -2.51. The van der Waals surface area contributed by atoms with Gasteiger partial charge >= 0.3 is 6.09 Å². The summed E-state index contributed by atoms with van der Waals surface area (Å²) in [5.41, 5.74) is -0.441. The van der Waals surface area contributed by atoms with Gasteiger partial charge in [0, 0.05) is 52.4 Å². The molecule has 0 spiro atoms. The molecule has 0 aromatic rings. The zero-order valence-electron chi connectivity index (χ0n) is 17.8. The highest BCUT2D eigenvalue weighted by Gasteiger charge is 2.25. The number of carbonyl (C=O) groups is 1. The van der Waals surface area contributed by atoms with Crippen LogP contribution >= 0.6 is 24.0 Å². The van der Waals surface area contributed by atoms with Crippen molar-refractivity contribution in [1.29, 1.82) is 0 Å². The van der Waals surface area contributed by atoms with Gasteiger partial charge < -0.3 is 25.0 Å². The van der Waals surface area contributed by atoms with Crippen molar-refractivity contribution < 1.29 is 14.3 Å². The quantitative estimate of drug-likeness (QED) is 0.322. The van der Waals surface area contributed by atoms with Crippen LogP contribution in [-0.2, 0) is 9.47 Å². The van der Waals surface area contributed by atoms with Crippen LogP contribution in [0.2, 0.25) is 0 Å². The van der Waals surface area contributed by atoms with Crippen LogP contribution in [0.1, 0.15) is 40.5 Å². The van der Waals surface area contributed by atoms with Crippen LogP contribution in [-0.4, -0.2) is 92.5 Å². The van der Waals surface area contributed by atoms with Gasteiger partial charge in [-0.15, -0.1) is 24.0 Å². The highest BCUT2D eigenvalue weighted by Crippen LogP contribution is 2.12. The Balaban J connectivity index is 0.00000392. The van der Waals surface area contributed by atoms with Crippen LogP contribution in [0.4, 0.5) is 4.79 Å². The number of aliphatic imine (C=N–C) groups is 1. The molecule has 1 unspecified atom stereocenters. The maximum absolute atomic E-state index is 12.1. The lowest BCUT2D eigenvalue weighted by Gasteiger charge is -2.35. The third kappa shape index (κ3) is 9.60. The van der Waals surface area contributed by atoms with E-state index in [-0.39, 0.29) is 36.2 Å². The fourth-order valence-electron chi connectivity index (χ4n) is 3.14. The summed E-state index contributed by atoms with van der Waals surface area (Å²) >= 11 is 0. The number of guanidine groups is 1. The maximum Gasteiger partial charge on any atom is 0.410 e. The van der Waals surface area contributed by atoms with Gasteiger partial charge in [0.05, 0.1) is 12.6 Å². The minimum atomic E-state index is -0.441. The summed E-state index contributed by atoms with van der Waals surface area (Å²) in [6.07, 6.45) is 2.29. The van der Waals surface area contributed by atoms with Crippen molar-refractivity contribution in [2.75, 3.05) is 59.0 Å². The molecule has 2 saturated heterocycles. The first-order valence-electron chi connectivity index (χ1n) is 10.2. The third-order valence-electron chi connectivity index (χ3n) is 4.57. The second kappa shape index (κ2) is 12.7. The lowest BCUT2D eigenvalue weighted by atomic mass is 10.2. The standard InChI is InChI=1S/C19H37N5O3.HI/c1-5-20-17(22-15-16-7-6-14-26-16)21-8-9-23-10-12-24(13-11-23)18(25)27-19(2,3)4;/h16H,5-15H2,1-4H3,(H2,20,21,22);1H. The van der Waals surface area contributed by atoms with Crippen molar-refractivity contribution in [3.8, 4) is 0 Å². The van der Waals surface area contributed by atoms with Crippen LogP contribution in [0.5, 0.6) is 0 Å². The predicted molar refractivity (Wildman–Crippen MR) is 123 cm³/mol. The topological polar surface area (TPSA) is 78.4 Å². The number of amides is 1. The Kier molecular flexibility index (Phi) is 11.4. The molecule has 0 bridgehead atoms. The summed E-state index contributed by atoms with van der Waals surface area (Å²) in [5, 5.41) is 6.68. The molecule has 0 aromatic carbocycles. The van der Waals surface area contributed by atoms with E-state index < -0.39 is 5.60 Å². The van der Waals surface area contributed by atoms with E-state index in [1.807, 2.05) is 20.8 Å². The Hall–Kier alpha value is -0.810. The van der Waals surface area contributed by atoms with E-state index in [0.29, 0.717) is 19.6 Å². The monoisotopic (exact) mass is 511 g/mol. The Morgan fingerprint density at radius 1 is 1.21 bits per heavy atom. The Morgan fingerprint density at radius 2 is 1.93 bits per heavy atom. The zero-order valence-corrected chi connectivity index (χ0v) is 20.2. The molecule has 2 aliphatic heterocycles. The van der Waals surface area contributed by atoms with Crippen LogP contribution < -0.4 is 10.6 Å². The van der Waals surface area contributed by atoms with E-state index in [1.54, 1.807) is 4.90 Å². The summed E-state index contributed by atoms with van der Waals surface area (Å²) in [5.74, 6) is 0.848. The Morgan fingerprint density at radius 3 is 2.50 bits per heavy atom. The van der Waals surface area contributed by atoms with Gasteiger partial charge in [-0.2, -0.15) is 0 Å². The first-order valence-corrected chi connectivity index (χ1v) is 10.2. The van der Waals surface area contributed by atoms with Gasteiger partial charge in [0.1, 0.15) is 5.60 Å². The molecule has 28 heavy (non-hydrogen) atoms. The fourth-order valence-corrected chi connectivity index (χ4v) is 3.14. The molecule has 2 fully saturated rings. The van der Waals surface area contributed by atoms with Crippen LogP contribution in [0, 0.1) is 0 Å². The first kappa shape index (κ1) is 25.2. The SMILES string of the molecule is CCNC(=NCC1CCCO1)NCCN1CCN(C(=O)OC(C)(C)C)CC1.I. The second-order valence-corrected chi connectivity index (χ2v) is 8.09. The first-order chi connectivity index (χ1) is 12.9. The van der Waals surface area contributed by atoms with Gasteiger partial charge in [0.2, 0.25) is 0 Å². The number of nitrogens with zero attached hydrogens (tertiary/aromatic N) is 3. The molecule has 9 heteroatoms. The largest absolute Gasteiger partial charge is 0.444 e. The van der Waals surface area contributed by atoms with E-state index in [2.05, 4.69) is 27.4 Å². The lowest BCUT2D eigenvalue weighted by molar-refractivity contribution is 0.0147. The van der Waals surface area contributed by atoms with Gasteiger partial charge in [-0.3, -0.25) is 9.89 Å². The summed E-state index contributed by atoms with van der Waals surface area (Å²) in [7, 11) is 0. The average Bonchev–Trinajstić information content (AvgIpc) is 3.12. The molecule has 2 aliphatic rings. The zero-order chi connectivity index (χ0) is 19.7. The van der Waals surface area contributed by atoms with E-state index in [4.69, 9.17) is 9.47 Å². The van der Waals surface area contributed by atoms with E-state index in [9.17, 15) is 4.79 Å². The number of ether oxygens (including phenoxy) is 2. The van der Waals surface area contributed by atoms with Crippen molar-refractivity contribution in [2.24, 2.45) is 4.99 Å². The van der Waals surface area contributed by atoms with Crippen molar-refractivity contribution in [3.63, 3.8) is 0 Å². The molecule has 0 aliphatic carbocycles. The number of carbonyl (C=O) groups excluding carboxylic acids is 1. The average molecular weight is 511 g/mol. The summed E-state index contributed by atoms with van der Waals surface area (Å²) < 4.78 is 11.1. The number of nitrogens with one attached hydrogen (secondary N) is 2. The molecule has 164 valence electrons. The number of piperazine rings is 1.